The highest BCUT2D eigenvalue weighted by Crippen LogP contribution is 2.35. The summed E-state index contributed by atoms with van der Waals surface area (Å²) in [5.41, 5.74) is 5.24. The number of imide groups is 2. The number of nitrogens with one attached hydrogen (secondary N) is 2. The molecule has 0 radical (unpaired) electrons. The molecular formula is C43H43N9O5. The number of benzene rings is 3. The first-order chi connectivity index (χ1) is 27.7. The number of hydrogen-bond donors (Lipinski definition) is 2. The van der Waals surface area contributed by atoms with Crippen LogP contribution in [0, 0.1) is 0 Å². The molecule has 3 aliphatic heterocycles. The molecule has 14 heteroatoms. The molecule has 1 unspecified atom stereocenters. The minimum absolute atomic E-state index is 0.0327. The largest absolute Gasteiger partial charge is 0.371 e. The minimum atomic E-state index is -0.987. The summed E-state index contributed by atoms with van der Waals surface area (Å²) in [4.78, 5) is 77.9. The molecule has 5 heterocycles. The molecule has 57 heavy (non-hydrogen) atoms. The first-order valence-corrected chi connectivity index (χ1v) is 19.7. The lowest BCUT2D eigenvalue weighted by Crippen LogP contribution is -2.54. The van der Waals surface area contributed by atoms with Crippen LogP contribution in [0.2, 0.25) is 0 Å². The Balaban J connectivity index is 0.798. The molecule has 0 bridgehead atoms. The van der Waals surface area contributed by atoms with Crippen molar-refractivity contribution in [2.75, 3.05) is 28.2 Å². The van der Waals surface area contributed by atoms with Crippen molar-refractivity contribution >= 4 is 57.8 Å². The highest BCUT2D eigenvalue weighted by atomic mass is 16.2. The predicted octanol–water partition coefficient (Wildman–Crippen LogP) is 5.51. The number of aromatic nitrogens is 4. The van der Waals surface area contributed by atoms with E-state index in [1.54, 1.807) is 19.1 Å². The van der Waals surface area contributed by atoms with Crippen LogP contribution in [0.1, 0.15) is 85.0 Å². The summed E-state index contributed by atoms with van der Waals surface area (Å²) < 4.78 is 2.03. The lowest BCUT2D eigenvalue weighted by Gasteiger charge is -2.36. The number of anilines is 3. The molecule has 3 aromatic carbocycles. The number of nitrogens with zero attached hydrogens (tertiary/aromatic N) is 7. The van der Waals surface area contributed by atoms with Gasteiger partial charge in [-0.3, -0.25) is 38.9 Å². The van der Waals surface area contributed by atoms with Crippen molar-refractivity contribution in [1.29, 1.82) is 0 Å². The number of para-hydroxylation sites is 1. The summed E-state index contributed by atoms with van der Waals surface area (Å²) >= 11 is 0. The van der Waals surface area contributed by atoms with Crippen molar-refractivity contribution in [3.05, 3.63) is 96.4 Å². The average molecular weight is 766 g/mol. The minimum Gasteiger partial charge on any atom is -0.371 e. The molecule has 14 nitrogen and oxygen atoms in total. The lowest BCUT2D eigenvalue weighted by molar-refractivity contribution is -0.136. The van der Waals surface area contributed by atoms with Crippen LogP contribution in [-0.2, 0) is 14.4 Å². The Labute approximate surface area is 329 Å². The maximum Gasteiger partial charge on any atom is 0.262 e. The standard InChI is InChI=1S/C43H43N9O5/c1-26(53)51(33-12-8-30(9-13-33)46-43-44-23-28-4-2-3-5-37(28)47-43)32-10-6-27(7-11-32)29-24-45-50(25-29)31-18-20-49(21-19-31)34-14-15-35-36(22-34)42(57)52(41(35)56)38-16-17-39(54)48-40(38)55/h2-7,10-11,14-15,22-25,30-31,33,38H,8-9,12-13,16-21H2,1H3,(H,44,46,47)(H,48,54,55). The van der Waals surface area contributed by atoms with Crippen LogP contribution < -0.4 is 20.4 Å². The van der Waals surface area contributed by atoms with Crippen LogP contribution in [0.5, 0.6) is 0 Å². The SMILES string of the molecule is CC(=O)N(c1ccc(-c2cnn(C3CCN(c4ccc5c(c4)C(=O)N(C4CCC(=O)NC4=O)C5=O)CC3)c2)cc1)C1CCC(Nc2ncc3ccccc3n2)CC1. The van der Waals surface area contributed by atoms with E-state index in [0.717, 1.165) is 89.9 Å². The van der Waals surface area contributed by atoms with Crippen molar-refractivity contribution < 1.29 is 24.0 Å². The quantitative estimate of drug-likeness (QED) is 0.193. The Bertz CT molecular complexity index is 2400. The highest BCUT2D eigenvalue weighted by Gasteiger charge is 2.45. The first-order valence-electron chi connectivity index (χ1n) is 19.7. The zero-order valence-electron chi connectivity index (χ0n) is 31.6. The fourth-order valence-corrected chi connectivity index (χ4v) is 8.90. The number of carbonyl (C=O) groups excluding carboxylic acids is 5. The molecule has 3 fully saturated rings. The molecule has 1 saturated carbocycles. The zero-order chi connectivity index (χ0) is 39.2. The molecule has 4 aliphatic rings. The van der Waals surface area contributed by atoms with E-state index in [1.807, 2.05) is 64.4 Å². The second kappa shape index (κ2) is 14.9. The Morgan fingerprint density at radius 3 is 2.33 bits per heavy atom. The molecule has 9 rings (SSSR count). The Hall–Kier alpha value is -6.44. The number of amides is 5. The van der Waals surface area contributed by atoms with Gasteiger partial charge in [-0.1, -0.05) is 30.3 Å². The summed E-state index contributed by atoms with van der Waals surface area (Å²) in [6, 6.07) is 21.0. The van der Waals surface area contributed by atoms with E-state index in [2.05, 4.69) is 43.8 Å². The van der Waals surface area contributed by atoms with Gasteiger partial charge in [0, 0.05) is 73.2 Å². The van der Waals surface area contributed by atoms with Gasteiger partial charge in [0.15, 0.2) is 0 Å². The maximum atomic E-state index is 13.4. The van der Waals surface area contributed by atoms with E-state index in [0.29, 0.717) is 5.95 Å². The molecule has 2 N–H and O–H groups in total. The van der Waals surface area contributed by atoms with Gasteiger partial charge in [-0.15, -0.1) is 0 Å². The van der Waals surface area contributed by atoms with Gasteiger partial charge in [0.2, 0.25) is 23.7 Å². The number of rotatable bonds is 8. The van der Waals surface area contributed by atoms with Gasteiger partial charge in [-0.05, 0) is 86.9 Å². The fraction of sp³-hybridized carbons (Fsp3) is 0.349. The summed E-state index contributed by atoms with van der Waals surface area (Å²) in [7, 11) is 0. The normalized spacial score (nSPS) is 21.5. The summed E-state index contributed by atoms with van der Waals surface area (Å²) in [5.74, 6) is -1.35. The van der Waals surface area contributed by atoms with Crippen LogP contribution in [0.3, 0.4) is 0 Å². The van der Waals surface area contributed by atoms with Crippen LogP contribution in [0.4, 0.5) is 17.3 Å². The topological polar surface area (TPSA) is 163 Å². The van der Waals surface area contributed by atoms with Crippen molar-refractivity contribution in [2.24, 2.45) is 0 Å². The maximum absolute atomic E-state index is 13.4. The number of fused-ring (bicyclic) bond motifs is 2. The molecular weight excluding hydrogens is 723 g/mol. The molecule has 2 saturated heterocycles. The van der Waals surface area contributed by atoms with Gasteiger partial charge >= 0.3 is 0 Å². The molecule has 1 aliphatic carbocycles. The van der Waals surface area contributed by atoms with Gasteiger partial charge in [0.05, 0.1) is 28.9 Å². The monoisotopic (exact) mass is 765 g/mol. The van der Waals surface area contributed by atoms with Crippen molar-refractivity contribution in [2.45, 2.75) is 82.5 Å². The van der Waals surface area contributed by atoms with E-state index in [9.17, 15) is 24.0 Å². The smallest absolute Gasteiger partial charge is 0.262 e. The lowest BCUT2D eigenvalue weighted by atomic mass is 9.89. The summed E-state index contributed by atoms with van der Waals surface area (Å²) in [6.07, 6.45) is 11.3. The molecule has 5 amide bonds. The summed E-state index contributed by atoms with van der Waals surface area (Å²) in [6.45, 7) is 3.11. The molecule has 2 aromatic heterocycles. The average Bonchev–Trinajstić information content (AvgIpc) is 3.81. The van der Waals surface area contributed by atoms with E-state index in [1.165, 1.54) is 0 Å². The van der Waals surface area contributed by atoms with Crippen LogP contribution in [-0.4, -0.2) is 85.4 Å². The van der Waals surface area contributed by atoms with Crippen molar-refractivity contribution in [1.82, 2.24) is 30.0 Å². The van der Waals surface area contributed by atoms with Gasteiger partial charge < -0.3 is 15.1 Å². The van der Waals surface area contributed by atoms with Crippen molar-refractivity contribution in [3.8, 4) is 11.1 Å². The second-order valence-corrected chi connectivity index (χ2v) is 15.4. The number of carbonyl (C=O) groups is 5. The van der Waals surface area contributed by atoms with E-state index in [4.69, 9.17) is 5.10 Å². The number of hydrogen-bond acceptors (Lipinski definition) is 10. The van der Waals surface area contributed by atoms with Crippen molar-refractivity contribution in [3.63, 3.8) is 0 Å². The Morgan fingerprint density at radius 1 is 0.825 bits per heavy atom. The van der Waals surface area contributed by atoms with Gasteiger partial charge in [-0.25, -0.2) is 9.97 Å². The van der Waals surface area contributed by atoms with E-state index in [-0.39, 0.29) is 48.0 Å². The molecule has 290 valence electrons. The third-order valence-corrected chi connectivity index (χ3v) is 11.9. The molecule has 0 spiro atoms. The summed E-state index contributed by atoms with van der Waals surface area (Å²) in [5, 5.41) is 11.5. The third kappa shape index (κ3) is 7.00. The molecule has 1 atom stereocenters. The van der Waals surface area contributed by atoms with Crippen LogP contribution in [0.15, 0.2) is 85.3 Å². The van der Waals surface area contributed by atoms with E-state index >= 15 is 0 Å². The Kier molecular flexibility index (Phi) is 9.47. The van der Waals surface area contributed by atoms with Gasteiger partial charge in [0.1, 0.15) is 6.04 Å². The molecule has 5 aromatic rings. The van der Waals surface area contributed by atoms with E-state index < -0.39 is 29.7 Å². The van der Waals surface area contributed by atoms with Gasteiger partial charge in [0.25, 0.3) is 11.8 Å². The van der Waals surface area contributed by atoms with Crippen LogP contribution in [0.25, 0.3) is 22.0 Å². The fourth-order valence-electron chi connectivity index (χ4n) is 8.90. The zero-order valence-corrected chi connectivity index (χ0v) is 31.6. The van der Waals surface area contributed by atoms with Gasteiger partial charge in [-0.2, -0.15) is 5.10 Å². The first kappa shape index (κ1) is 36.2. The third-order valence-electron chi connectivity index (χ3n) is 11.9. The Morgan fingerprint density at radius 2 is 1.58 bits per heavy atom. The highest BCUT2D eigenvalue weighted by molar-refractivity contribution is 6.23. The second-order valence-electron chi connectivity index (χ2n) is 15.4. The van der Waals surface area contributed by atoms with Crippen LogP contribution >= 0.6 is 0 Å². The number of piperidine rings is 2. The predicted molar refractivity (Wildman–Crippen MR) is 214 cm³/mol.